The standard InChI is InChI=1S/C19H20N6O3S/c1-23(2)15-8-4-6-13(10-15)18-21-22-19(24(18)3)29-12-17(26)20-14-7-5-9-16(11-14)25(27)28/h4-11H,12H2,1-3H3,(H,20,26). The van der Waals surface area contributed by atoms with Gasteiger partial charge in [-0.05, 0) is 18.2 Å². The van der Waals surface area contributed by atoms with E-state index in [1.165, 1.54) is 30.0 Å². The zero-order chi connectivity index (χ0) is 21.0. The lowest BCUT2D eigenvalue weighted by atomic mass is 10.2. The first-order valence-electron chi connectivity index (χ1n) is 8.69. The van der Waals surface area contributed by atoms with Crippen LogP contribution in [0.2, 0.25) is 0 Å². The van der Waals surface area contributed by atoms with Gasteiger partial charge in [0.2, 0.25) is 5.91 Å². The number of carbonyl (C=O) groups is 1. The Morgan fingerprint density at radius 2 is 1.97 bits per heavy atom. The number of benzene rings is 2. The van der Waals surface area contributed by atoms with E-state index in [0.29, 0.717) is 16.7 Å². The van der Waals surface area contributed by atoms with Crippen molar-refractivity contribution < 1.29 is 9.72 Å². The lowest BCUT2D eigenvalue weighted by Crippen LogP contribution is -2.14. The molecule has 1 N–H and O–H groups in total. The van der Waals surface area contributed by atoms with Crippen molar-refractivity contribution in [1.82, 2.24) is 14.8 Å². The summed E-state index contributed by atoms with van der Waals surface area (Å²) in [5.41, 5.74) is 2.28. The summed E-state index contributed by atoms with van der Waals surface area (Å²) in [5.74, 6) is 0.525. The van der Waals surface area contributed by atoms with Crippen LogP contribution in [0.25, 0.3) is 11.4 Å². The van der Waals surface area contributed by atoms with Crippen LogP contribution in [-0.4, -0.2) is 45.4 Å². The van der Waals surface area contributed by atoms with Gasteiger partial charge in [0, 0.05) is 50.2 Å². The highest BCUT2D eigenvalue weighted by Gasteiger charge is 2.14. The predicted molar refractivity (Wildman–Crippen MR) is 113 cm³/mol. The molecule has 10 heteroatoms. The Morgan fingerprint density at radius 3 is 2.69 bits per heavy atom. The number of carbonyl (C=O) groups excluding carboxylic acids is 1. The van der Waals surface area contributed by atoms with E-state index in [1.54, 1.807) is 6.07 Å². The summed E-state index contributed by atoms with van der Waals surface area (Å²) in [6.45, 7) is 0. The van der Waals surface area contributed by atoms with Crippen LogP contribution < -0.4 is 10.2 Å². The van der Waals surface area contributed by atoms with Gasteiger partial charge in [-0.2, -0.15) is 0 Å². The molecule has 3 rings (SSSR count). The maximum atomic E-state index is 12.2. The summed E-state index contributed by atoms with van der Waals surface area (Å²) in [5, 5.41) is 22.5. The number of anilines is 2. The number of nitro benzene ring substituents is 1. The Kier molecular flexibility index (Phi) is 6.13. The van der Waals surface area contributed by atoms with E-state index in [-0.39, 0.29) is 17.3 Å². The number of thioether (sulfide) groups is 1. The predicted octanol–water partition coefficient (Wildman–Crippen LogP) is 3.19. The van der Waals surface area contributed by atoms with Crippen molar-refractivity contribution in [2.45, 2.75) is 5.16 Å². The Balaban J connectivity index is 1.66. The van der Waals surface area contributed by atoms with Gasteiger partial charge in [0.05, 0.1) is 10.7 Å². The highest BCUT2D eigenvalue weighted by atomic mass is 32.2. The van der Waals surface area contributed by atoms with E-state index in [2.05, 4.69) is 15.5 Å². The molecule has 0 saturated heterocycles. The normalized spacial score (nSPS) is 10.6. The third-order valence-electron chi connectivity index (χ3n) is 4.13. The van der Waals surface area contributed by atoms with Crippen molar-refractivity contribution in [2.24, 2.45) is 7.05 Å². The summed E-state index contributed by atoms with van der Waals surface area (Å²) in [6.07, 6.45) is 0. The minimum atomic E-state index is -0.503. The van der Waals surface area contributed by atoms with Gasteiger partial charge in [0.15, 0.2) is 11.0 Å². The van der Waals surface area contributed by atoms with Crippen molar-refractivity contribution >= 4 is 34.7 Å². The average Bonchev–Trinajstić information content (AvgIpc) is 3.07. The maximum Gasteiger partial charge on any atom is 0.271 e. The molecule has 9 nitrogen and oxygen atoms in total. The summed E-state index contributed by atoms with van der Waals surface area (Å²) in [7, 11) is 5.78. The molecule has 1 aromatic heterocycles. The molecule has 1 heterocycles. The minimum absolute atomic E-state index is 0.0756. The number of amides is 1. The lowest BCUT2D eigenvalue weighted by molar-refractivity contribution is -0.384. The molecule has 0 aliphatic heterocycles. The number of nitrogens with one attached hydrogen (secondary N) is 1. The van der Waals surface area contributed by atoms with Crippen LogP contribution in [0, 0.1) is 10.1 Å². The second-order valence-corrected chi connectivity index (χ2v) is 7.40. The first-order valence-corrected chi connectivity index (χ1v) is 9.68. The number of rotatable bonds is 7. The maximum absolute atomic E-state index is 12.2. The molecule has 2 aromatic carbocycles. The third-order valence-corrected chi connectivity index (χ3v) is 5.15. The molecule has 0 unspecified atom stereocenters. The van der Waals surface area contributed by atoms with Crippen LogP contribution >= 0.6 is 11.8 Å². The van der Waals surface area contributed by atoms with Gasteiger partial charge in [-0.25, -0.2) is 0 Å². The molecule has 0 spiro atoms. The summed E-state index contributed by atoms with van der Waals surface area (Å²) >= 11 is 1.24. The molecule has 29 heavy (non-hydrogen) atoms. The highest BCUT2D eigenvalue weighted by Crippen LogP contribution is 2.25. The highest BCUT2D eigenvalue weighted by molar-refractivity contribution is 7.99. The van der Waals surface area contributed by atoms with Crippen LogP contribution in [0.5, 0.6) is 0 Å². The number of nitrogens with zero attached hydrogens (tertiary/aromatic N) is 5. The molecule has 0 bridgehead atoms. The lowest BCUT2D eigenvalue weighted by Gasteiger charge is -2.13. The minimum Gasteiger partial charge on any atom is -0.378 e. The Bertz CT molecular complexity index is 1050. The first-order chi connectivity index (χ1) is 13.8. The molecule has 0 aliphatic rings. The first kappa shape index (κ1) is 20.3. The van der Waals surface area contributed by atoms with E-state index in [1.807, 2.05) is 54.9 Å². The fourth-order valence-corrected chi connectivity index (χ4v) is 3.35. The zero-order valence-corrected chi connectivity index (χ0v) is 17.0. The summed E-state index contributed by atoms with van der Waals surface area (Å²) in [6, 6.07) is 13.8. The molecular weight excluding hydrogens is 392 g/mol. The van der Waals surface area contributed by atoms with Gasteiger partial charge in [0.25, 0.3) is 5.69 Å². The van der Waals surface area contributed by atoms with Crippen LogP contribution in [0.3, 0.4) is 0 Å². The largest absolute Gasteiger partial charge is 0.378 e. The van der Waals surface area contributed by atoms with Crippen molar-refractivity contribution in [2.75, 3.05) is 30.1 Å². The zero-order valence-electron chi connectivity index (χ0n) is 16.2. The van der Waals surface area contributed by atoms with Crippen molar-refractivity contribution in [3.8, 4) is 11.4 Å². The molecule has 0 radical (unpaired) electrons. The molecule has 150 valence electrons. The Hall–Kier alpha value is -3.40. The van der Waals surface area contributed by atoms with Crippen LogP contribution in [0.15, 0.2) is 53.7 Å². The van der Waals surface area contributed by atoms with Gasteiger partial charge in [-0.3, -0.25) is 14.9 Å². The van der Waals surface area contributed by atoms with Crippen molar-refractivity contribution in [3.05, 3.63) is 58.6 Å². The number of non-ortho nitro benzene ring substituents is 1. The quantitative estimate of drug-likeness (QED) is 0.361. The van der Waals surface area contributed by atoms with Gasteiger partial charge >= 0.3 is 0 Å². The van der Waals surface area contributed by atoms with Crippen LogP contribution in [0.1, 0.15) is 0 Å². The number of hydrogen-bond donors (Lipinski definition) is 1. The van der Waals surface area contributed by atoms with E-state index in [9.17, 15) is 14.9 Å². The molecule has 0 atom stereocenters. The second kappa shape index (κ2) is 8.74. The molecule has 1 amide bonds. The number of aromatic nitrogens is 3. The van der Waals surface area contributed by atoms with Gasteiger partial charge in [-0.15, -0.1) is 10.2 Å². The SMILES string of the molecule is CN(C)c1cccc(-c2nnc(SCC(=O)Nc3cccc([N+](=O)[O-])c3)n2C)c1. The topological polar surface area (TPSA) is 106 Å². The van der Waals surface area contributed by atoms with E-state index < -0.39 is 4.92 Å². The molecule has 0 aliphatic carbocycles. The molecule has 0 saturated carbocycles. The van der Waals surface area contributed by atoms with E-state index in [4.69, 9.17) is 0 Å². The molecular formula is C19H20N6O3S. The van der Waals surface area contributed by atoms with E-state index in [0.717, 1.165) is 11.3 Å². The van der Waals surface area contributed by atoms with Crippen LogP contribution in [0.4, 0.5) is 17.1 Å². The Morgan fingerprint density at radius 1 is 1.21 bits per heavy atom. The summed E-state index contributed by atoms with van der Waals surface area (Å²) in [4.78, 5) is 24.5. The van der Waals surface area contributed by atoms with Gasteiger partial charge in [-0.1, -0.05) is 30.0 Å². The second-order valence-electron chi connectivity index (χ2n) is 6.45. The Labute approximate surface area is 171 Å². The number of nitro groups is 1. The molecule has 0 fully saturated rings. The van der Waals surface area contributed by atoms with Gasteiger partial charge < -0.3 is 14.8 Å². The summed E-state index contributed by atoms with van der Waals surface area (Å²) < 4.78 is 1.83. The fourth-order valence-electron chi connectivity index (χ4n) is 2.64. The monoisotopic (exact) mass is 412 g/mol. The fraction of sp³-hybridized carbons (Fsp3) is 0.211. The number of hydrogen-bond acceptors (Lipinski definition) is 7. The van der Waals surface area contributed by atoms with Crippen molar-refractivity contribution in [3.63, 3.8) is 0 Å². The molecule has 3 aromatic rings. The van der Waals surface area contributed by atoms with Crippen LogP contribution in [-0.2, 0) is 11.8 Å². The smallest absolute Gasteiger partial charge is 0.271 e. The van der Waals surface area contributed by atoms with Crippen molar-refractivity contribution in [1.29, 1.82) is 0 Å². The van der Waals surface area contributed by atoms with Gasteiger partial charge in [0.1, 0.15) is 0 Å². The average molecular weight is 412 g/mol. The van der Waals surface area contributed by atoms with E-state index >= 15 is 0 Å². The third kappa shape index (κ3) is 4.91.